The number of nitrogens with zero attached hydrogens (tertiary/aromatic N) is 6. The number of halogens is 1. The maximum absolute atomic E-state index is 13.3. The number of carbonyl (C=O) groups excluding carboxylic acids is 1. The lowest BCUT2D eigenvalue weighted by Crippen LogP contribution is -2.51. The summed E-state index contributed by atoms with van der Waals surface area (Å²) in [7, 11) is 0. The van der Waals surface area contributed by atoms with E-state index in [1.807, 2.05) is 21.7 Å². The molecule has 2 aromatic heterocycles. The van der Waals surface area contributed by atoms with E-state index in [1.165, 1.54) is 12.1 Å². The van der Waals surface area contributed by atoms with Crippen molar-refractivity contribution in [2.24, 2.45) is 0 Å². The minimum atomic E-state index is -0.459. The molecule has 0 radical (unpaired) electrons. The van der Waals surface area contributed by atoms with E-state index in [9.17, 15) is 9.18 Å². The lowest BCUT2D eigenvalue weighted by molar-refractivity contribution is -0.134. The molecule has 1 aliphatic heterocycles. The summed E-state index contributed by atoms with van der Waals surface area (Å²) < 4.78 is 15.1. The Morgan fingerprint density at radius 1 is 1.00 bits per heavy atom. The molecule has 29 heavy (non-hydrogen) atoms. The van der Waals surface area contributed by atoms with E-state index in [0.29, 0.717) is 26.2 Å². The molecule has 3 heterocycles. The SMILES string of the molecule is O=C(N1CCN(c2cc(-n3ccnc3)ncn2)CC1)C1(c2ccc(F)cc2)CC1. The van der Waals surface area contributed by atoms with Crippen LogP contribution in [-0.4, -0.2) is 56.5 Å². The van der Waals surface area contributed by atoms with E-state index in [2.05, 4.69) is 19.9 Å². The van der Waals surface area contributed by atoms with Gasteiger partial charge in [-0.05, 0) is 30.5 Å². The second-order valence-corrected chi connectivity index (χ2v) is 7.57. The van der Waals surface area contributed by atoms with Crippen molar-refractivity contribution < 1.29 is 9.18 Å². The first-order valence-electron chi connectivity index (χ1n) is 9.76. The van der Waals surface area contributed by atoms with Crippen LogP contribution in [0.3, 0.4) is 0 Å². The van der Waals surface area contributed by atoms with Crippen molar-refractivity contribution in [3.05, 3.63) is 66.8 Å². The van der Waals surface area contributed by atoms with Crippen LogP contribution >= 0.6 is 0 Å². The predicted octanol–water partition coefficient (Wildman–Crippen LogP) is 2.18. The summed E-state index contributed by atoms with van der Waals surface area (Å²) in [5.41, 5.74) is 0.464. The number of carbonyl (C=O) groups is 1. The number of hydrogen-bond donors (Lipinski definition) is 0. The van der Waals surface area contributed by atoms with Gasteiger partial charge in [-0.15, -0.1) is 0 Å². The molecule has 0 unspecified atom stereocenters. The van der Waals surface area contributed by atoms with Gasteiger partial charge in [0, 0.05) is 44.6 Å². The van der Waals surface area contributed by atoms with Crippen molar-refractivity contribution in [3.63, 3.8) is 0 Å². The molecule has 2 fully saturated rings. The van der Waals surface area contributed by atoms with Crippen LogP contribution in [0.25, 0.3) is 5.82 Å². The van der Waals surface area contributed by atoms with E-state index in [0.717, 1.165) is 30.0 Å². The van der Waals surface area contributed by atoms with Gasteiger partial charge in [0.1, 0.15) is 30.1 Å². The molecule has 8 heteroatoms. The highest BCUT2D eigenvalue weighted by Crippen LogP contribution is 2.49. The monoisotopic (exact) mass is 392 g/mol. The number of benzene rings is 1. The number of amides is 1. The molecule has 2 aliphatic rings. The standard InChI is InChI=1S/C21H21FN6O/c22-17-3-1-16(2-4-17)21(5-6-21)20(29)27-11-9-26(10-12-27)18-13-19(25-14-24-18)28-8-7-23-15-28/h1-4,7-8,13-15H,5-6,9-12H2. The molecule has 7 nitrogen and oxygen atoms in total. The maximum Gasteiger partial charge on any atom is 0.233 e. The fourth-order valence-electron chi connectivity index (χ4n) is 4.01. The lowest BCUT2D eigenvalue weighted by Gasteiger charge is -2.37. The molecular weight excluding hydrogens is 371 g/mol. The van der Waals surface area contributed by atoms with E-state index in [4.69, 9.17) is 0 Å². The van der Waals surface area contributed by atoms with Crippen molar-refractivity contribution in [3.8, 4) is 5.82 Å². The van der Waals surface area contributed by atoms with Crippen LogP contribution in [0.15, 0.2) is 55.4 Å². The normalized spacial score (nSPS) is 18.0. The predicted molar refractivity (Wildman–Crippen MR) is 105 cm³/mol. The Kier molecular flexibility index (Phi) is 4.26. The fourth-order valence-corrected chi connectivity index (χ4v) is 4.01. The summed E-state index contributed by atoms with van der Waals surface area (Å²) >= 11 is 0. The van der Waals surface area contributed by atoms with E-state index < -0.39 is 5.41 Å². The molecular formula is C21H21FN6O. The second kappa shape index (κ2) is 6.95. The topological polar surface area (TPSA) is 67.2 Å². The lowest BCUT2D eigenvalue weighted by atomic mass is 9.94. The van der Waals surface area contributed by atoms with Crippen molar-refractivity contribution >= 4 is 11.7 Å². The van der Waals surface area contributed by atoms with Crippen molar-refractivity contribution in [1.29, 1.82) is 0 Å². The number of aromatic nitrogens is 4. The second-order valence-electron chi connectivity index (χ2n) is 7.57. The first-order chi connectivity index (χ1) is 14.2. The molecule has 0 atom stereocenters. The average Bonchev–Trinajstić information content (AvgIpc) is 3.39. The molecule has 0 bridgehead atoms. The Labute approximate surface area is 167 Å². The molecule has 148 valence electrons. The highest BCUT2D eigenvalue weighted by atomic mass is 19.1. The number of piperazine rings is 1. The van der Waals surface area contributed by atoms with Crippen LogP contribution in [0.4, 0.5) is 10.2 Å². The summed E-state index contributed by atoms with van der Waals surface area (Å²) in [6.45, 7) is 2.72. The van der Waals surface area contributed by atoms with Gasteiger partial charge in [0.25, 0.3) is 0 Å². The number of hydrogen-bond acceptors (Lipinski definition) is 5. The third-order valence-electron chi connectivity index (χ3n) is 5.85. The van der Waals surface area contributed by atoms with Gasteiger partial charge in [-0.1, -0.05) is 12.1 Å². The largest absolute Gasteiger partial charge is 0.353 e. The summed E-state index contributed by atoms with van der Waals surface area (Å²) in [4.78, 5) is 30.1. The molecule has 0 N–H and O–H groups in total. The highest BCUT2D eigenvalue weighted by molar-refractivity contribution is 5.91. The van der Waals surface area contributed by atoms with Crippen molar-refractivity contribution in [2.75, 3.05) is 31.1 Å². The van der Waals surface area contributed by atoms with Gasteiger partial charge in [0.2, 0.25) is 5.91 Å². The Morgan fingerprint density at radius 3 is 2.38 bits per heavy atom. The molecule has 1 amide bonds. The number of imidazole rings is 1. The third-order valence-corrected chi connectivity index (χ3v) is 5.85. The van der Waals surface area contributed by atoms with Crippen LogP contribution < -0.4 is 4.90 Å². The molecule has 5 rings (SSSR count). The zero-order valence-corrected chi connectivity index (χ0v) is 15.9. The molecule has 1 saturated heterocycles. The summed E-state index contributed by atoms with van der Waals surface area (Å²) in [6, 6.07) is 8.30. The zero-order chi connectivity index (χ0) is 19.8. The zero-order valence-electron chi connectivity index (χ0n) is 15.9. The van der Waals surface area contributed by atoms with Gasteiger partial charge in [0.15, 0.2) is 0 Å². The van der Waals surface area contributed by atoms with Crippen molar-refractivity contribution in [2.45, 2.75) is 18.3 Å². The van der Waals surface area contributed by atoms with E-state index in [-0.39, 0.29) is 11.7 Å². The molecule has 1 saturated carbocycles. The van der Waals surface area contributed by atoms with Gasteiger partial charge in [-0.25, -0.2) is 19.3 Å². The summed E-state index contributed by atoms with van der Waals surface area (Å²) in [6.07, 6.45) is 8.47. The van der Waals surface area contributed by atoms with Gasteiger partial charge >= 0.3 is 0 Å². The van der Waals surface area contributed by atoms with Crippen LogP contribution in [0.1, 0.15) is 18.4 Å². The first-order valence-corrected chi connectivity index (χ1v) is 9.76. The molecule has 3 aromatic rings. The fraction of sp³-hybridized carbons (Fsp3) is 0.333. The summed E-state index contributed by atoms with van der Waals surface area (Å²) in [5.74, 6) is 1.49. The van der Waals surface area contributed by atoms with Crippen LogP contribution in [-0.2, 0) is 10.2 Å². The molecule has 1 aromatic carbocycles. The van der Waals surface area contributed by atoms with Gasteiger partial charge in [-0.2, -0.15) is 0 Å². The minimum absolute atomic E-state index is 0.158. The highest BCUT2D eigenvalue weighted by Gasteiger charge is 2.53. The first kappa shape index (κ1) is 17.8. The summed E-state index contributed by atoms with van der Waals surface area (Å²) in [5, 5.41) is 0. The quantitative estimate of drug-likeness (QED) is 0.681. The van der Waals surface area contributed by atoms with Crippen molar-refractivity contribution in [1.82, 2.24) is 24.4 Å². The van der Waals surface area contributed by atoms with Gasteiger partial charge < -0.3 is 9.80 Å². The van der Waals surface area contributed by atoms with Crippen LogP contribution in [0.5, 0.6) is 0 Å². The van der Waals surface area contributed by atoms with Crippen LogP contribution in [0.2, 0.25) is 0 Å². The Bertz CT molecular complexity index is 1010. The third kappa shape index (κ3) is 3.24. The smallest absolute Gasteiger partial charge is 0.233 e. The minimum Gasteiger partial charge on any atom is -0.353 e. The van der Waals surface area contributed by atoms with E-state index >= 15 is 0 Å². The maximum atomic E-state index is 13.3. The Balaban J connectivity index is 1.27. The average molecular weight is 392 g/mol. The molecule has 0 spiro atoms. The Hall–Kier alpha value is -3.29. The number of anilines is 1. The molecule has 1 aliphatic carbocycles. The van der Waals surface area contributed by atoms with Gasteiger partial charge in [-0.3, -0.25) is 9.36 Å². The Morgan fingerprint density at radius 2 is 1.72 bits per heavy atom. The van der Waals surface area contributed by atoms with Crippen LogP contribution in [0, 0.1) is 5.82 Å². The van der Waals surface area contributed by atoms with Gasteiger partial charge in [0.05, 0.1) is 5.41 Å². The van der Waals surface area contributed by atoms with E-state index in [1.54, 1.807) is 31.0 Å². The number of rotatable bonds is 4.